The first-order chi connectivity index (χ1) is 6.56. The summed E-state index contributed by atoms with van der Waals surface area (Å²) in [5.74, 6) is 1.42. The van der Waals surface area contributed by atoms with Crippen molar-refractivity contribution in [1.29, 1.82) is 0 Å². The summed E-state index contributed by atoms with van der Waals surface area (Å²) in [7, 11) is -1.64. The highest BCUT2D eigenvalue weighted by Gasteiger charge is 2.52. The van der Waals surface area contributed by atoms with E-state index in [0.29, 0.717) is 12.4 Å². The average molecular weight is 222 g/mol. The van der Waals surface area contributed by atoms with Gasteiger partial charge in [-0.25, -0.2) is 0 Å². The van der Waals surface area contributed by atoms with Crippen LogP contribution in [0.1, 0.15) is 19.8 Å². The monoisotopic (exact) mass is 222 g/mol. The van der Waals surface area contributed by atoms with Gasteiger partial charge in [-0.2, -0.15) is 0 Å². The predicted octanol–water partition coefficient (Wildman–Crippen LogP) is 2.26. The minimum atomic E-state index is -3.27. The van der Waals surface area contributed by atoms with Gasteiger partial charge in [0.25, 0.3) is 0 Å². The summed E-state index contributed by atoms with van der Waals surface area (Å²) in [5, 5.41) is 11.5. The summed E-state index contributed by atoms with van der Waals surface area (Å²) in [6, 6.07) is 0. The van der Waals surface area contributed by atoms with E-state index in [9.17, 15) is 5.11 Å². The smallest absolute Gasteiger partial charge is 0.109 e. The second-order valence-corrected chi connectivity index (χ2v) is 10.4. The Kier molecular flexibility index (Phi) is 2.78. The molecule has 3 nitrogen and oxygen atoms in total. The van der Waals surface area contributed by atoms with Gasteiger partial charge < -0.3 is 13.5 Å². The van der Waals surface area contributed by atoms with Gasteiger partial charge in [-0.15, -0.1) is 0 Å². The zero-order chi connectivity index (χ0) is 10.8. The van der Waals surface area contributed by atoms with E-state index in [1.807, 2.05) is 6.92 Å². The quantitative estimate of drug-likeness (QED) is 0.793. The molecule has 0 aromatic carbocycles. The molecule has 0 saturated carbocycles. The normalized spacial score (nSPS) is 33.1. The molecule has 0 aromatic heterocycles. The van der Waals surface area contributed by atoms with Crippen LogP contribution in [0.4, 0.5) is 0 Å². The van der Waals surface area contributed by atoms with E-state index >= 15 is 0 Å². The minimum Gasteiger partial charge on any atom is -0.379 e. The molecule has 0 radical (unpaired) electrons. The number of aliphatic hydroxyl groups is 1. The Morgan fingerprint density at radius 3 is 2.50 bits per heavy atom. The van der Waals surface area contributed by atoms with E-state index in [4.69, 9.17) is 8.37 Å². The molecule has 1 saturated heterocycles. The standard InChI is InChI=1S/C10H22O3S/c1-4-14(5-2,10-11,12-3)9-7-6-8-13-14/h4,11H,1,5-10H2,2-3H3. The first-order valence-electron chi connectivity index (χ1n) is 5.06. The number of hydrogen-bond donors (Lipinski definition) is 1. The Hall–Kier alpha value is -0.0300. The zero-order valence-electron chi connectivity index (χ0n) is 9.20. The Balaban J connectivity index is 3.27. The van der Waals surface area contributed by atoms with Crippen LogP contribution in [0.2, 0.25) is 0 Å². The summed E-state index contributed by atoms with van der Waals surface area (Å²) in [5.41, 5.74) is 0. The second-order valence-electron chi connectivity index (χ2n) is 4.06. The maximum atomic E-state index is 9.77. The molecule has 1 aliphatic heterocycles. The van der Waals surface area contributed by atoms with E-state index in [0.717, 1.165) is 18.6 Å². The lowest BCUT2D eigenvalue weighted by atomic mass is 10.4. The van der Waals surface area contributed by atoms with Crippen molar-refractivity contribution in [2.45, 2.75) is 19.8 Å². The van der Waals surface area contributed by atoms with Gasteiger partial charge in [-0.1, -0.05) is 13.5 Å². The number of rotatable bonds is 4. The van der Waals surface area contributed by atoms with Crippen molar-refractivity contribution in [3.05, 3.63) is 12.0 Å². The van der Waals surface area contributed by atoms with Crippen LogP contribution in [-0.4, -0.2) is 36.3 Å². The van der Waals surface area contributed by atoms with Crippen molar-refractivity contribution in [3.63, 3.8) is 0 Å². The Labute approximate surface area is 85.8 Å². The van der Waals surface area contributed by atoms with E-state index in [-0.39, 0.29) is 5.94 Å². The average Bonchev–Trinajstić information content (AvgIpc) is 2.31. The van der Waals surface area contributed by atoms with Crippen molar-refractivity contribution in [1.82, 2.24) is 0 Å². The Morgan fingerprint density at radius 2 is 2.29 bits per heavy atom. The third kappa shape index (κ3) is 1.25. The fourth-order valence-electron chi connectivity index (χ4n) is 2.08. The topological polar surface area (TPSA) is 38.7 Å². The molecule has 1 aliphatic rings. The van der Waals surface area contributed by atoms with Crippen LogP contribution in [0.5, 0.6) is 0 Å². The van der Waals surface area contributed by atoms with Gasteiger partial charge >= 0.3 is 0 Å². The molecular weight excluding hydrogens is 200 g/mol. The van der Waals surface area contributed by atoms with Gasteiger partial charge in [-0.3, -0.25) is 8.86 Å². The van der Waals surface area contributed by atoms with Gasteiger partial charge in [0.2, 0.25) is 0 Å². The fourth-order valence-corrected chi connectivity index (χ4v) is 6.03. The lowest BCUT2D eigenvalue weighted by molar-refractivity contribution is 0.205. The van der Waals surface area contributed by atoms with Crippen LogP contribution in [-0.2, 0) is 8.37 Å². The van der Waals surface area contributed by atoms with Crippen molar-refractivity contribution < 1.29 is 13.5 Å². The van der Waals surface area contributed by atoms with E-state index in [1.165, 1.54) is 0 Å². The van der Waals surface area contributed by atoms with Crippen molar-refractivity contribution in [2.75, 3.05) is 31.2 Å². The first-order valence-corrected chi connectivity index (χ1v) is 7.93. The first kappa shape index (κ1) is 12.0. The largest absolute Gasteiger partial charge is 0.379 e. The molecule has 14 heavy (non-hydrogen) atoms. The van der Waals surface area contributed by atoms with E-state index in [1.54, 1.807) is 12.5 Å². The molecule has 1 fully saturated rings. The van der Waals surface area contributed by atoms with Crippen molar-refractivity contribution in [3.8, 4) is 0 Å². The van der Waals surface area contributed by atoms with Crippen LogP contribution in [0, 0.1) is 0 Å². The summed E-state index contributed by atoms with van der Waals surface area (Å²) in [4.78, 5) is 0. The summed E-state index contributed by atoms with van der Waals surface area (Å²) >= 11 is 0. The highest BCUT2D eigenvalue weighted by Crippen LogP contribution is 2.91. The molecule has 4 heteroatoms. The lowest BCUT2D eigenvalue weighted by Gasteiger charge is -2.82. The summed E-state index contributed by atoms with van der Waals surface area (Å²) in [6.45, 7) is 6.53. The maximum Gasteiger partial charge on any atom is 0.109 e. The van der Waals surface area contributed by atoms with Crippen molar-refractivity contribution in [2.24, 2.45) is 0 Å². The molecule has 0 spiro atoms. The highest BCUT2D eigenvalue weighted by molar-refractivity contribution is 8.59. The Bertz CT molecular complexity index is 222. The van der Waals surface area contributed by atoms with Crippen LogP contribution in [0.25, 0.3) is 0 Å². The molecule has 0 aromatic rings. The minimum absolute atomic E-state index is 0.0590. The summed E-state index contributed by atoms with van der Waals surface area (Å²) in [6.07, 6.45) is 2.08. The molecule has 0 amide bonds. The molecule has 1 rings (SSSR count). The van der Waals surface area contributed by atoms with Gasteiger partial charge in [0, 0.05) is 11.5 Å². The fraction of sp³-hybridized carbons (Fsp3) is 0.800. The number of aliphatic hydroxyl groups excluding tert-OH is 1. The third-order valence-electron chi connectivity index (χ3n) is 3.74. The summed E-state index contributed by atoms with van der Waals surface area (Å²) < 4.78 is 11.7. The molecule has 0 aliphatic carbocycles. The molecule has 0 atom stereocenters. The van der Waals surface area contributed by atoms with E-state index < -0.39 is 8.86 Å². The van der Waals surface area contributed by atoms with Crippen LogP contribution in [0.3, 0.4) is 0 Å². The maximum absolute atomic E-state index is 9.77. The highest BCUT2D eigenvalue weighted by atomic mass is 32.4. The van der Waals surface area contributed by atoms with Crippen LogP contribution in [0.15, 0.2) is 12.0 Å². The number of hydrogen-bond acceptors (Lipinski definition) is 3. The Morgan fingerprint density at radius 1 is 1.57 bits per heavy atom. The molecule has 0 bridgehead atoms. The second kappa shape index (κ2) is 3.23. The van der Waals surface area contributed by atoms with Gasteiger partial charge in [0.05, 0.1) is 13.7 Å². The lowest BCUT2D eigenvalue weighted by Crippen LogP contribution is -2.48. The molecular formula is C10H22O3S. The predicted molar refractivity (Wildman–Crippen MR) is 62.5 cm³/mol. The van der Waals surface area contributed by atoms with Gasteiger partial charge in [0.1, 0.15) is 5.94 Å². The van der Waals surface area contributed by atoms with Gasteiger partial charge in [0.15, 0.2) is 0 Å². The van der Waals surface area contributed by atoms with Crippen molar-refractivity contribution >= 4 is 8.86 Å². The zero-order valence-corrected chi connectivity index (χ0v) is 10.0. The molecule has 1 heterocycles. The molecule has 0 unspecified atom stereocenters. The van der Waals surface area contributed by atoms with Crippen LogP contribution < -0.4 is 0 Å². The van der Waals surface area contributed by atoms with E-state index in [2.05, 4.69) is 6.58 Å². The van der Waals surface area contributed by atoms with Gasteiger partial charge in [-0.05, 0) is 18.2 Å². The molecule has 1 N–H and O–H groups in total. The SMILES string of the molecule is C=CS1(CC)(CO)(OC)CCCCO1. The van der Waals surface area contributed by atoms with Crippen LogP contribution >= 0.6 is 8.86 Å². The molecule has 86 valence electrons. The third-order valence-corrected chi connectivity index (χ3v) is 10.4.